The zero-order valence-electron chi connectivity index (χ0n) is 5.36. The first kappa shape index (κ1) is 8.48. The minimum absolute atomic E-state index is 0.202. The van der Waals surface area contributed by atoms with E-state index in [0.717, 1.165) is 11.8 Å². The molecule has 0 radical (unpaired) electrons. The Morgan fingerprint density at radius 2 is 2.45 bits per heavy atom. The summed E-state index contributed by atoms with van der Waals surface area (Å²) in [6, 6.07) is -0.634. The summed E-state index contributed by atoms with van der Waals surface area (Å²) in [5.41, 5.74) is 0. The van der Waals surface area contributed by atoms with Crippen molar-refractivity contribution in [3.8, 4) is 0 Å². The Morgan fingerprint density at radius 3 is 2.82 bits per heavy atom. The van der Waals surface area contributed by atoms with E-state index in [-0.39, 0.29) is 11.5 Å². The van der Waals surface area contributed by atoms with Gasteiger partial charge in [-0.1, -0.05) is 12.2 Å². The lowest BCUT2D eigenvalue weighted by atomic mass is 10.2. The van der Waals surface area contributed by atoms with Crippen LogP contribution in [0.3, 0.4) is 0 Å². The maximum atomic E-state index is 10.9. The summed E-state index contributed by atoms with van der Waals surface area (Å²) < 4.78 is 0.362. The number of hydrogen-bond donors (Lipinski definition) is 2. The molecule has 1 rings (SSSR count). The number of carbonyl (C=O) groups is 2. The maximum Gasteiger partial charge on any atom is 0.305 e. The molecule has 0 spiro atoms. The van der Waals surface area contributed by atoms with Crippen LogP contribution < -0.4 is 5.32 Å². The van der Waals surface area contributed by atoms with Crippen molar-refractivity contribution in [2.24, 2.45) is 0 Å². The topological polar surface area (TPSA) is 66.4 Å². The van der Waals surface area contributed by atoms with Crippen LogP contribution in [0.5, 0.6) is 0 Å². The van der Waals surface area contributed by atoms with Crippen LogP contribution in [0.2, 0.25) is 0 Å². The van der Waals surface area contributed by atoms with Crippen molar-refractivity contribution in [1.29, 1.82) is 0 Å². The fourth-order valence-electron chi connectivity index (χ4n) is 0.702. The van der Waals surface area contributed by atoms with Gasteiger partial charge in [0.25, 0.3) is 0 Å². The highest BCUT2D eigenvalue weighted by Crippen LogP contribution is 2.17. The second-order valence-electron chi connectivity index (χ2n) is 2.00. The number of nitrogens with one attached hydrogen (secondary N) is 1. The first-order valence-electron chi connectivity index (χ1n) is 2.83. The van der Waals surface area contributed by atoms with E-state index < -0.39 is 12.0 Å². The fraction of sp³-hybridized carbons (Fsp3) is 0.400. The third-order valence-electron chi connectivity index (χ3n) is 1.15. The Morgan fingerprint density at radius 1 is 1.82 bits per heavy atom. The molecule has 60 valence electrons. The van der Waals surface area contributed by atoms with Gasteiger partial charge in [0.2, 0.25) is 5.12 Å². The average Bonchev–Trinajstić information content (AvgIpc) is 2.09. The van der Waals surface area contributed by atoms with Crippen molar-refractivity contribution in [2.75, 3.05) is 0 Å². The fourth-order valence-corrected chi connectivity index (χ4v) is 1.76. The molecule has 0 amide bonds. The molecule has 11 heavy (non-hydrogen) atoms. The van der Waals surface area contributed by atoms with Crippen LogP contribution in [0.25, 0.3) is 0 Å². The third kappa shape index (κ3) is 2.16. The third-order valence-corrected chi connectivity index (χ3v) is 2.31. The van der Waals surface area contributed by atoms with Gasteiger partial charge in [-0.25, -0.2) is 0 Å². The largest absolute Gasteiger partial charge is 0.481 e. The molecule has 0 aromatic rings. The summed E-state index contributed by atoms with van der Waals surface area (Å²) in [5.74, 6) is -0.999. The Kier molecular flexibility index (Phi) is 2.45. The molecule has 1 aliphatic heterocycles. The summed E-state index contributed by atoms with van der Waals surface area (Å²) >= 11 is 5.55. The molecule has 2 N–H and O–H groups in total. The van der Waals surface area contributed by atoms with E-state index in [1.807, 2.05) is 0 Å². The van der Waals surface area contributed by atoms with E-state index in [1.54, 1.807) is 0 Å². The minimum Gasteiger partial charge on any atom is -0.481 e. The molecule has 0 saturated carbocycles. The Balaban J connectivity index is 2.53. The molecule has 0 aromatic carbocycles. The molecule has 0 aliphatic carbocycles. The molecule has 1 heterocycles. The lowest BCUT2D eigenvalue weighted by molar-refractivity contribution is -0.138. The van der Waals surface area contributed by atoms with Gasteiger partial charge in [-0.05, 0) is 11.8 Å². The van der Waals surface area contributed by atoms with Crippen LogP contribution in [-0.4, -0.2) is 26.6 Å². The van der Waals surface area contributed by atoms with Gasteiger partial charge >= 0.3 is 5.97 Å². The summed E-state index contributed by atoms with van der Waals surface area (Å²) in [6.45, 7) is 0. The van der Waals surface area contributed by atoms with E-state index in [1.165, 1.54) is 0 Å². The van der Waals surface area contributed by atoms with Crippen molar-refractivity contribution >= 4 is 39.4 Å². The first-order chi connectivity index (χ1) is 5.09. The molecule has 1 aliphatic rings. The molecule has 0 aromatic heterocycles. The van der Waals surface area contributed by atoms with Gasteiger partial charge in [0.15, 0.2) is 0 Å². The van der Waals surface area contributed by atoms with Crippen LogP contribution in [-0.2, 0) is 9.59 Å². The number of aliphatic carboxylic acids is 1. The van der Waals surface area contributed by atoms with E-state index >= 15 is 0 Å². The molecular formula is C5H5NO3S2. The highest BCUT2D eigenvalue weighted by atomic mass is 32.2. The quantitative estimate of drug-likeness (QED) is 0.598. The number of thioether (sulfide) groups is 1. The zero-order valence-corrected chi connectivity index (χ0v) is 7.00. The molecule has 0 bridgehead atoms. The average molecular weight is 191 g/mol. The minimum atomic E-state index is -0.999. The monoisotopic (exact) mass is 191 g/mol. The second kappa shape index (κ2) is 3.19. The maximum absolute atomic E-state index is 10.9. The van der Waals surface area contributed by atoms with Gasteiger partial charge in [0.1, 0.15) is 10.4 Å². The molecule has 0 unspecified atom stereocenters. The number of hydrogen-bond acceptors (Lipinski definition) is 4. The van der Waals surface area contributed by atoms with Crippen LogP contribution in [0, 0.1) is 0 Å². The van der Waals surface area contributed by atoms with Crippen LogP contribution in [0.1, 0.15) is 6.42 Å². The highest BCUT2D eigenvalue weighted by Gasteiger charge is 2.30. The van der Waals surface area contributed by atoms with Gasteiger partial charge in [-0.3, -0.25) is 9.59 Å². The lowest BCUT2D eigenvalue weighted by Gasteiger charge is -2.02. The summed E-state index contributed by atoms with van der Waals surface area (Å²) in [4.78, 5) is 21.0. The SMILES string of the molecule is O=C(O)C[C@@H]1NC(=S)SC1=O. The Labute approximate surface area is 72.3 Å². The predicted octanol–water partition coefficient (Wildman–Crippen LogP) is -0.0224. The van der Waals surface area contributed by atoms with Gasteiger partial charge in [0, 0.05) is 0 Å². The number of carbonyl (C=O) groups excluding carboxylic acids is 1. The van der Waals surface area contributed by atoms with Crippen molar-refractivity contribution in [3.05, 3.63) is 0 Å². The van der Waals surface area contributed by atoms with Crippen molar-refractivity contribution in [1.82, 2.24) is 5.32 Å². The van der Waals surface area contributed by atoms with Crippen molar-refractivity contribution in [2.45, 2.75) is 12.5 Å². The normalized spacial score (nSPS) is 23.5. The summed E-state index contributed by atoms with van der Waals surface area (Å²) in [6.07, 6.45) is -0.202. The summed E-state index contributed by atoms with van der Waals surface area (Å²) in [5, 5.41) is 10.7. The van der Waals surface area contributed by atoms with E-state index in [9.17, 15) is 9.59 Å². The molecular weight excluding hydrogens is 186 g/mol. The second-order valence-corrected chi connectivity index (χ2v) is 3.68. The molecule has 1 fully saturated rings. The van der Waals surface area contributed by atoms with Gasteiger partial charge in [0.05, 0.1) is 6.42 Å². The number of carboxylic acids is 1. The first-order valence-corrected chi connectivity index (χ1v) is 4.06. The van der Waals surface area contributed by atoms with Crippen LogP contribution >= 0.6 is 24.0 Å². The highest BCUT2D eigenvalue weighted by molar-refractivity contribution is 8.33. The van der Waals surface area contributed by atoms with E-state index in [4.69, 9.17) is 5.11 Å². The van der Waals surface area contributed by atoms with Gasteiger partial charge in [-0.2, -0.15) is 0 Å². The smallest absolute Gasteiger partial charge is 0.305 e. The number of rotatable bonds is 2. The molecule has 1 atom stereocenters. The van der Waals surface area contributed by atoms with Crippen LogP contribution in [0.4, 0.5) is 0 Å². The predicted molar refractivity (Wildman–Crippen MR) is 44.4 cm³/mol. The summed E-state index contributed by atoms with van der Waals surface area (Å²) in [7, 11) is 0. The molecule has 4 nitrogen and oxygen atoms in total. The Bertz CT molecular complexity index is 228. The Hall–Kier alpha value is -0.620. The van der Waals surface area contributed by atoms with Gasteiger partial charge in [-0.15, -0.1) is 0 Å². The van der Waals surface area contributed by atoms with E-state index in [0.29, 0.717) is 4.32 Å². The molecule has 6 heteroatoms. The standard InChI is InChI=1S/C5H5NO3S2/c7-3(8)1-2-4(9)11-5(10)6-2/h2H,1H2,(H,6,10)(H,7,8)/t2-/m0/s1. The molecule has 1 saturated heterocycles. The van der Waals surface area contributed by atoms with Crippen molar-refractivity contribution in [3.63, 3.8) is 0 Å². The van der Waals surface area contributed by atoms with Crippen LogP contribution in [0.15, 0.2) is 0 Å². The van der Waals surface area contributed by atoms with E-state index in [2.05, 4.69) is 17.5 Å². The zero-order chi connectivity index (χ0) is 8.43. The number of thiocarbonyl (C=S) groups is 1. The lowest BCUT2D eigenvalue weighted by Crippen LogP contribution is -2.30. The van der Waals surface area contributed by atoms with Gasteiger partial charge < -0.3 is 10.4 Å². The van der Waals surface area contributed by atoms with Crippen molar-refractivity contribution < 1.29 is 14.7 Å². The number of carboxylic acid groups (broad SMARTS) is 1.